The molecule has 3 nitrogen and oxygen atoms in total. The highest BCUT2D eigenvalue weighted by Gasteiger charge is 2.12. The molecule has 0 aliphatic heterocycles. The van der Waals surface area contributed by atoms with Gasteiger partial charge in [0.25, 0.3) is 5.91 Å². The van der Waals surface area contributed by atoms with Crippen LogP contribution in [0.3, 0.4) is 0 Å². The number of hydrogen-bond donors (Lipinski definition) is 1. The Kier molecular flexibility index (Phi) is 4.47. The highest BCUT2D eigenvalue weighted by atomic mass is 79.9. The van der Waals surface area contributed by atoms with E-state index in [1.807, 2.05) is 42.5 Å². The molecular formula is C15H12BrNO2. The van der Waals surface area contributed by atoms with Crippen LogP contribution in [-0.4, -0.2) is 18.7 Å². The zero-order valence-corrected chi connectivity index (χ0v) is 11.7. The average molecular weight is 318 g/mol. The van der Waals surface area contributed by atoms with Crippen LogP contribution in [0.5, 0.6) is 0 Å². The Bertz CT molecular complexity index is 596. The Morgan fingerprint density at radius 3 is 2.58 bits per heavy atom. The van der Waals surface area contributed by atoms with Crippen molar-refractivity contribution in [3.63, 3.8) is 0 Å². The zero-order valence-electron chi connectivity index (χ0n) is 10.1. The van der Waals surface area contributed by atoms with Gasteiger partial charge >= 0.3 is 0 Å². The van der Waals surface area contributed by atoms with Crippen LogP contribution < -0.4 is 5.32 Å². The van der Waals surface area contributed by atoms with Crippen molar-refractivity contribution in [3.8, 4) is 11.1 Å². The minimum atomic E-state index is -0.251. The molecule has 0 heterocycles. The molecule has 1 N–H and O–H groups in total. The van der Waals surface area contributed by atoms with Crippen molar-refractivity contribution in [2.24, 2.45) is 0 Å². The number of aldehydes is 1. The van der Waals surface area contributed by atoms with Crippen LogP contribution in [0.25, 0.3) is 11.1 Å². The maximum absolute atomic E-state index is 12.0. The molecule has 0 radical (unpaired) electrons. The van der Waals surface area contributed by atoms with Gasteiger partial charge in [-0.1, -0.05) is 46.3 Å². The summed E-state index contributed by atoms with van der Waals surface area (Å²) in [5.41, 5.74) is 2.34. The molecule has 2 aromatic carbocycles. The van der Waals surface area contributed by atoms with Gasteiger partial charge in [0.05, 0.1) is 6.54 Å². The third-order valence-corrected chi connectivity index (χ3v) is 3.15. The van der Waals surface area contributed by atoms with Crippen LogP contribution in [0.4, 0.5) is 0 Å². The standard InChI is InChI=1S/C15H12BrNO2/c16-12-6-7-13(15(19)17-8-9-18)14(10-12)11-4-2-1-3-5-11/h1-7,9-10H,8H2,(H,17,19). The summed E-state index contributed by atoms with van der Waals surface area (Å²) in [6.07, 6.45) is 0.666. The molecule has 1 amide bonds. The fraction of sp³-hybridized carbons (Fsp3) is 0.0667. The molecule has 0 bridgehead atoms. The number of hydrogen-bond acceptors (Lipinski definition) is 2. The Labute approximate surface area is 119 Å². The Morgan fingerprint density at radius 1 is 1.16 bits per heavy atom. The van der Waals surface area contributed by atoms with Crippen LogP contribution in [0, 0.1) is 0 Å². The predicted octanol–water partition coefficient (Wildman–Crippen LogP) is 3.04. The lowest BCUT2D eigenvalue weighted by Gasteiger charge is -2.10. The molecule has 0 aromatic heterocycles. The summed E-state index contributed by atoms with van der Waals surface area (Å²) >= 11 is 3.41. The third-order valence-electron chi connectivity index (χ3n) is 2.66. The predicted molar refractivity (Wildman–Crippen MR) is 78.0 cm³/mol. The van der Waals surface area contributed by atoms with E-state index < -0.39 is 0 Å². The third kappa shape index (κ3) is 3.29. The van der Waals surface area contributed by atoms with Crippen molar-refractivity contribution in [2.45, 2.75) is 0 Å². The highest BCUT2D eigenvalue weighted by Crippen LogP contribution is 2.27. The number of benzene rings is 2. The molecule has 4 heteroatoms. The first kappa shape index (κ1) is 13.5. The van der Waals surface area contributed by atoms with Crippen molar-refractivity contribution in [2.75, 3.05) is 6.54 Å². The van der Waals surface area contributed by atoms with Crippen molar-refractivity contribution >= 4 is 28.1 Å². The number of amides is 1. The lowest BCUT2D eigenvalue weighted by molar-refractivity contribution is -0.107. The number of nitrogens with one attached hydrogen (secondary N) is 1. The van der Waals surface area contributed by atoms with E-state index >= 15 is 0 Å². The van der Waals surface area contributed by atoms with Gasteiger partial charge in [-0.25, -0.2) is 0 Å². The molecule has 0 aliphatic carbocycles. The Hall–Kier alpha value is -1.94. The minimum absolute atomic E-state index is 0.0170. The first-order valence-corrected chi connectivity index (χ1v) is 6.58. The van der Waals surface area contributed by atoms with Gasteiger partial charge in [0.2, 0.25) is 0 Å². The van der Waals surface area contributed by atoms with Crippen molar-refractivity contribution in [1.82, 2.24) is 5.32 Å². The Balaban J connectivity index is 2.44. The van der Waals surface area contributed by atoms with Gasteiger partial charge < -0.3 is 10.1 Å². The maximum Gasteiger partial charge on any atom is 0.252 e. The highest BCUT2D eigenvalue weighted by molar-refractivity contribution is 9.10. The fourth-order valence-corrected chi connectivity index (χ4v) is 2.16. The van der Waals surface area contributed by atoms with Crippen LogP contribution in [0.15, 0.2) is 53.0 Å². The molecule has 0 aliphatic rings. The van der Waals surface area contributed by atoms with Crippen LogP contribution in [0.1, 0.15) is 10.4 Å². The minimum Gasteiger partial charge on any atom is -0.345 e. The van der Waals surface area contributed by atoms with E-state index in [-0.39, 0.29) is 12.5 Å². The number of carbonyl (C=O) groups excluding carboxylic acids is 2. The summed E-state index contributed by atoms with van der Waals surface area (Å²) in [5.74, 6) is -0.251. The molecule has 0 saturated carbocycles. The topological polar surface area (TPSA) is 46.2 Å². The van der Waals surface area contributed by atoms with Crippen LogP contribution >= 0.6 is 15.9 Å². The first-order chi connectivity index (χ1) is 9.22. The van der Waals surface area contributed by atoms with Crippen molar-refractivity contribution in [1.29, 1.82) is 0 Å². The lowest BCUT2D eigenvalue weighted by atomic mass is 9.99. The van der Waals surface area contributed by atoms with Crippen molar-refractivity contribution in [3.05, 3.63) is 58.6 Å². The number of rotatable bonds is 4. The molecule has 0 unspecified atom stereocenters. The number of carbonyl (C=O) groups is 2. The second-order valence-corrected chi connectivity index (χ2v) is 4.85. The van der Waals surface area contributed by atoms with Gasteiger partial charge in [-0.05, 0) is 29.3 Å². The van der Waals surface area contributed by atoms with E-state index in [0.29, 0.717) is 11.8 Å². The van der Waals surface area contributed by atoms with Gasteiger partial charge in [-0.2, -0.15) is 0 Å². The van der Waals surface area contributed by atoms with Crippen molar-refractivity contribution < 1.29 is 9.59 Å². The molecule has 0 fully saturated rings. The van der Waals surface area contributed by atoms with E-state index in [0.717, 1.165) is 15.6 Å². The van der Waals surface area contributed by atoms with Crippen LogP contribution in [0.2, 0.25) is 0 Å². The quantitative estimate of drug-likeness (QED) is 0.881. The van der Waals surface area contributed by atoms with Gasteiger partial charge in [0, 0.05) is 10.0 Å². The van der Waals surface area contributed by atoms with E-state index in [1.165, 1.54) is 0 Å². The molecule has 0 saturated heterocycles. The first-order valence-electron chi connectivity index (χ1n) is 5.79. The summed E-state index contributed by atoms with van der Waals surface area (Å²) in [5, 5.41) is 2.56. The van der Waals surface area contributed by atoms with E-state index in [1.54, 1.807) is 6.07 Å². The van der Waals surface area contributed by atoms with E-state index in [4.69, 9.17) is 0 Å². The fourth-order valence-electron chi connectivity index (χ4n) is 1.80. The van der Waals surface area contributed by atoms with E-state index in [9.17, 15) is 9.59 Å². The summed E-state index contributed by atoms with van der Waals surface area (Å²) in [6, 6.07) is 15.1. The molecule has 0 atom stereocenters. The smallest absolute Gasteiger partial charge is 0.252 e. The summed E-state index contributed by atoms with van der Waals surface area (Å²) < 4.78 is 0.901. The summed E-state index contributed by atoms with van der Waals surface area (Å²) in [7, 11) is 0. The second kappa shape index (κ2) is 6.29. The Morgan fingerprint density at radius 2 is 1.89 bits per heavy atom. The van der Waals surface area contributed by atoms with Gasteiger partial charge in [-0.3, -0.25) is 4.79 Å². The molecule has 2 aromatic rings. The normalized spacial score (nSPS) is 9.95. The maximum atomic E-state index is 12.0. The largest absolute Gasteiger partial charge is 0.345 e. The van der Waals surface area contributed by atoms with Gasteiger partial charge in [0.1, 0.15) is 6.29 Å². The monoisotopic (exact) mass is 317 g/mol. The molecule has 2 rings (SSSR count). The molecule has 19 heavy (non-hydrogen) atoms. The van der Waals surface area contributed by atoms with Crippen LogP contribution in [-0.2, 0) is 4.79 Å². The molecule has 96 valence electrons. The average Bonchev–Trinajstić information content (AvgIpc) is 2.45. The summed E-state index contributed by atoms with van der Waals surface area (Å²) in [6.45, 7) is 0.0170. The zero-order chi connectivity index (χ0) is 13.7. The summed E-state index contributed by atoms with van der Waals surface area (Å²) in [4.78, 5) is 22.4. The van der Waals surface area contributed by atoms with Gasteiger partial charge in [0.15, 0.2) is 0 Å². The van der Waals surface area contributed by atoms with E-state index in [2.05, 4.69) is 21.2 Å². The SMILES string of the molecule is O=CCNC(=O)c1ccc(Br)cc1-c1ccccc1. The lowest BCUT2D eigenvalue weighted by Crippen LogP contribution is -2.25. The molecular weight excluding hydrogens is 306 g/mol. The van der Waals surface area contributed by atoms with Gasteiger partial charge in [-0.15, -0.1) is 0 Å². The second-order valence-electron chi connectivity index (χ2n) is 3.93. The number of halogens is 1. The molecule has 0 spiro atoms.